The van der Waals surface area contributed by atoms with Crippen LogP contribution in [0.15, 0.2) is 40.4 Å². The van der Waals surface area contributed by atoms with Gasteiger partial charge in [0.15, 0.2) is 12.4 Å². The zero-order valence-corrected chi connectivity index (χ0v) is 14.3. The SMILES string of the molecule is O=C(c1cc[n+]([O-])cc1)N1CCN(Cc2ccc(Br)s2)CC1. The van der Waals surface area contributed by atoms with Crippen LogP contribution in [0.2, 0.25) is 0 Å². The van der Waals surface area contributed by atoms with E-state index in [2.05, 4.69) is 33.0 Å². The number of hydrogen-bond acceptors (Lipinski definition) is 4. The van der Waals surface area contributed by atoms with Gasteiger partial charge < -0.3 is 10.1 Å². The third kappa shape index (κ3) is 3.66. The Morgan fingerprint density at radius 3 is 2.45 bits per heavy atom. The first kappa shape index (κ1) is 15.5. The quantitative estimate of drug-likeness (QED) is 0.604. The van der Waals surface area contributed by atoms with Gasteiger partial charge in [0.25, 0.3) is 5.91 Å². The molecule has 3 rings (SSSR count). The lowest BCUT2D eigenvalue weighted by molar-refractivity contribution is -0.605. The Morgan fingerprint density at radius 2 is 1.86 bits per heavy atom. The molecule has 0 atom stereocenters. The van der Waals surface area contributed by atoms with Crippen LogP contribution in [-0.4, -0.2) is 41.9 Å². The number of aromatic nitrogens is 1. The van der Waals surface area contributed by atoms with Crippen molar-refractivity contribution in [3.63, 3.8) is 0 Å². The van der Waals surface area contributed by atoms with Crippen LogP contribution in [0.25, 0.3) is 0 Å². The van der Waals surface area contributed by atoms with E-state index in [1.54, 1.807) is 23.5 Å². The molecule has 0 aromatic carbocycles. The summed E-state index contributed by atoms with van der Waals surface area (Å²) in [6.45, 7) is 4.11. The van der Waals surface area contributed by atoms with E-state index in [4.69, 9.17) is 0 Å². The molecule has 2 aromatic heterocycles. The van der Waals surface area contributed by atoms with Crippen LogP contribution in [0.1, 0.15) is 15.2 Å². The third-order valence-electron chi connectivity index (χ3n) is 3.72. The molecule has 5 nitrogen and oxygen atoms in total. The summed E-state index contributed by atoms with van der Waals surface area (Å²) in [6.07, 6.45) is 2.72. The Labute approximate surface area is 141 Å². The monoisotopic (exact) mass is 381 g/mol. The molecule has 3 heterocycles. The fourth-order valence-corrected chi connectivity index (χ4v) is 4.03. The normalized spacial score (nSPS) is 16.0. The van der Waals surface area contributed by atoms with Crippen LogP contribution in [0.4, 0.5) is 0 Å². The van der Waals surface area contributed by atoms with Crippen LogP contribution >= 0.6 is 27.3 Å². The molecule has 2 aromatic rings. The first-order chi connectivity index (χ1) is 10.6. The van der Waals surface area contributed by atoms with Gasteiger partial charge in [-0.05, 0) is 28.1 Å². The topological polar surface area (TPSA) is 50.5 Å². The van der Waals surface area contributed by atoms with Crippen molar-refractivity contribution in [3.8, 4) is 0 Å². The average molecular weight is 382 g/mol. The maximum absolute atomic E-state index is 12.4. The third-order valence-corrected chi connectivity index (χ3v) is 5.33. The van der Waals surface area contributed by atoms with E-state index in [9.17, 15) is 10.0 Å². The van der Waals surface area contributed by atoms with Crippen molar-refractivity contribution < 1.29 is 9.52 Å². The van der Waals surface area contributed by atoms with Gasteiger partial charge in [-0.15, -0.1) is 11.3 Å². The molecule has 0 unspecified atom stereocenters. The summed E-state index contributed by atoms with van der Waals surface area (Å²) in [6, 6.07) is 7.35. The minimum atomic E-state index is -0.000817. The number of piperazine rings is 1. The zero-order chi connectivity index (χ0) is 15.5. The van der Waals surface area contributed by atoms with Gasteiger partial charge in [0.1, 0.15) is 0 Å². The van der Waals surface area contributed by atoms with Gasteiger partial charge in [0.05, 0.1) is 9.35 Å². The number of nitrogens with zero attached hydrogens (tertiary/aromatic N) is 3. The van der Waals surface area contributed by atoms with E-state index in [0.717, 1.165) is 36.5 Å². The second-order valence-corrected chi connectivity index (χ2v) is 7.77. The summed E-state index contributed by atoms with van der Waals surface area (Å²) >= 11 is 5.23. The molecular formula is C15H16BrN3O2S. The van der Waals surface area contributed by atoms with E-state index in [1.807, 2.05) is 4.90 Å². The molecule has 1 fully saturated rings. The van der Waals surface area contributed by atoms with Gasteiger partial charge >= 0.3 is 0 Å². The Kier molecular flexibility index (Phi) is 4.75. The minimum Gasteiger partial charge on any atom is -0.619 e. The fraction of sp³-hybridized carbons (Fsp3) is 0.333. The van der Waals surface area contributed by atoms with Gasteiger partial charge in [-0.2, -0.15) is 4.73 Å². The largest absolute Gasteiger partial charge is 0.619 e. The molecule has 0 saturated carbocycles. The summed E-state index contributed by atoms with van der Waals surface area (Å²) in [5.41, 5.74) is 0.572. The predicted octanol–water partition coefficient (Wildman–Crippen LogP) is 2.10. The van der Waals surface area contributed by atoms with Crippen LogP contribution in [0.3, 0.4) is 0 Å². The highest BCUT2D eigenvalue weighted by molar-refractivity contribution is 9.11. The number of rotatable bonds is 3. The molecule has 116 valence electrons. The smallest absolute Gasteiger partial charge is 0.254 e. The molecule has 0 radical (unpaired) electrons. The maximum atomic E-state index is 12.4. The van der Waals surface area contributed by atoms with Crippen LogP contribution < -0.4 is 4.73 Å². The summed E-state index contributed by atoms with van der Waals surface area (Å²) in [7, 11) is 0. The maximum Gasteiger partial charge on any atom is 0.254 e. The molecule has 0 spiro atoms. The first-order valence-corrected chi connectivity index (χ1v) is 8.67. The molecule has 0 aliphatic carbocycles. The summed E-state index contributed by atoms with van der Waals surface area (Å²) in [5, 5.41) is 11.0. The second-order valence-electron chi connectivity index (χ2n) is 5.22. The Hall–Kier alpha value is -1.44. The molecule has 1 aliphatic heterocycles. The van der Waals surface area contributed by atoms with Crippen molar-refractivity contribution in [1.82, 2.24) is 9.80 Å². The number of pyridine rings is 1. The second kappa shape index (κ2) is 6.76. The van der Waals surface area contributed by atoms with Crippen molar-refractivity contribution in [1.29, 1.82) is 0 Å². The molecule has 1 aliphatic rings. The fourth-order valence-electron chi connectivity index (χ4n) is 2.50. The number of amides is 1. The average Bonchev–Trinajstić information content (AvgIpc) is 2.93. The summed E-state index contributed by atoms with van der Waals surface area (Å²) < 4.78 is 1.84. The molecule has 0 bridgehead atoms. The van der Waals surface area contributed by atoms with Gasteiger partial charge in [0.2, 0.25) is 0 Å². The lowest BCUT2D eigenvalue weighted by atomic mass is 10.2. The van der Waals surface area contributed by atoms with Crippen molar-refractivity contribution in [3.05, 3.63) is 56.1 Å². The molecular weight excluding hydrogens is 366 g/mol. The lowest BCUT2D eigenvalue weighted by Crippen LogP contribution is -2.48. The lowest BCUT2D eigenvalue weighted by Gasteiger charge is -2.34. The highest BCUT2D eigenvalue weighted by Gasteiger charge is 2.22. The van der Waals surface area contributed by atoms with Gasteiger partial charge in [0, 0.05) is 49.7 Å². The van der Waals surface area contributed by atoms with Gasteiger partial charge in [-0.3, -0.25) is 9.69 Å². The molecule has 22 heavy (non-hydrogen) atoms. The molecule has 7 heteroatoms. The van der Waals surface area contributed by atoms with Crippen molar-refractivity contribution in [2.45, 2.75) is 6.54 Å². The van der Waals surface area contributed by atoms with E-state index in [1.165, 1.54) is 17.3 Å². The Bertz CT molecular complexity index is 651. The molecule has 0 N–H and O–H groups in total. The number of halogens is 1. The predicted molar refractivity (Wildman–Crippen MR) is 88.6 cm³/mol. The Morgan fingerprint density at radius 1 is 1.18 bits per heavy atom. The van der Waals surface area contributed by atoms with Crippen molar-refractivity contribution >= 4 is 33.2 Å². The zero-order valence-electron chi connectivity index (χ0n) is 11.9. The Balaban J connectivity index is 1.55. The van der Waals surface area contributed by atoms with Crippen molar-refractivity contribution in [2.75, 3.05) is 26.2 Å². The van der Waals surface area contributed by atoms with E-state index >= 15 is 0 Å². The number of carbonyl (C=O) groups excluding carboxylic acids is 1. The highest BCUT2D eigenvalue weighted by Crippen LogP contribution is 2.23. The summed E-state index contributed by atoms with van der Waals surface area (Å²) in [4.78, 5) is 17.9. The van der Waals surface area contributed by atoms with E-state index < -0.39 is 0 Å². The summed E-state index contributed by atoms with van der Waals surface area (Å²) in [5.74, 6) is -0.000817. The number of thiophene rings is 1. The van der Waals surface area contributed by atoms with Gasteiger partial charge in [-0.1, -0.05) is 0 Å². The van der Waals surface area contributed by atoms with Crippen LogP contribution in [0, 0.1) is 5.21 Å². The highest BCUT2D eigenvalue weighted by atomic mass is 79.9. The molecule has 1 saturated heterocycles. The number of carbonyl (C=O) groups is 1. The van der Waals surface area contributed by atoms with Crippen molar-refractivity contribution in [2.24, 2.45) is 0 Å². The van der Waals surface area contributed by atoms with Crippen LogP contribution in [-0.2, 0) is 6.54 Å². The number of hydrogen-bond donors (Lipinski definition) is 0. The van der Waals surface area contributed by atoms with E-state index in [-0.39, 0.29) is 5.91 Å². The molecule has 1 amide bonds. The minimum absolute atomic E-state index is 0.000817. The standard InChI is InChI=1S/C15H16BrN3O2S/c16-14-2-1-13(22-14)11-17-7-9-18(10-8-17)15(20)12-3-5-19(21)6-4-12/h1-6H,7-11H2. The first-order valence-electron chi connectivity index (χ1n) is 7.06. The van der Waals surface area contributed by atoms with Gasteiger partial charge in [-0.25, -0.2) is 0 Å². The van der Waals surface area contributed by atoms with Crippen LogP contribution in [0.5, 0.6) is 0 Å². The van der Waals surface area contributed by atoms with E-state index in [0.29, 0.717) is 10.3 Å².